The van der Waals surface area contributed by atoms with Crippen LogP contribution in [0.1, 0.15) is 45.7 Å². The van der Waals surface area contributed by atoms with Gasteiger partial charge in [0.2, 0.25) is 5.13 Å². The molecule has 11 heteroatoms. The van der Waals surface area contributed by atoms with Gasteiger partial charge in [0.05, 0.1) is 28.1 Å². The Labute approximate surface area is 231 Å². The van der Waals surface area contributed by atoms with E-state index in [0.29, 0.717) is 40.0 Å². The van der Waals surface area contributed by atoms with E-state index >= 15 is 0 Å². The molecule has 0 amide bonds. The number of aromatic carboxylic acids is 1. The van der Waals surface area contributed by atoms with E-state index in [9.17, 15) is 18.7 Å². The predicted octanol–water partition coefficient (Wildman–Crippen LogP) is 5.53. The Morgan fingerprint density at radius 1 is 1.28 bits per heavy atom. The highest BCUT2D eigenvalue weighted by atomic mass is 32.2. The number of carboxylic acids is 1. The lowest BCUT2D eigenvalue weighted by atomic mass is 9.96. The smallest absolute Gasteiger partial charge is 0.355 e. The molecule has 2 aromatic carbocycles. The number of carboxylic acid groups (broad SMARTS) is 1. The standard InChI is InChI=1S/C28H23F2N5O2S2/c1-32-10-2-3-18-14-19(7-8-21(18)29)26-20(11-17-6-9-25(39-31)22(30)12-17)24(13-16-4-5-16)35(34-26)28-33-23(15-38-28)27(36)37/h6-10,12,14-16H,4-5,11,13,31H2,1H3,(H,36,37)/b32-10-. The predicted molar refractivity (Wildman–Crippen MR) is 149 cm³/mol. The summed E-state index contributed by atoms with van der Waals surface area (Å²) in [7, 11) is 1.58. The van der Waals surface area contributed by atoms with Crippen LogP contribution in [0.2, 0.25) is 0 Å². The van der Waals surface area contributed by atoms with Crippen molar-refractivity contribution in [3.63, 3.8) is 0 Å². The van der Waals surface area contributed by atoms with E-state index in [2.05, 4.69) is 21.8 Å². The molecule has 0 unspecified atom stereocenters. The van der Waals surface area contributed by atoms with Gasteiger partial charge in [0.25, 0.3) is 0 Å². The molecule has 2 heterocycles. The van der Waals surface area contributed by atoms with Gasteiger partial charge < -0.3 is 5.11 Å². The number of carbonyl (C=O) groups is 1. The van der Waals surface area contributed by atoms with Crippen molar-refractivity contribution in [2.75, 3.05) is 7.05 Å². The van der Waals surface area contributed by atoms with E-state index in [1.54, 1.807) is 29.9 Å². The molecule has 4 aromatic rings. The molecule has 1 aliphatic carbocycles. The molecule has 0 atom stereocenters. The van der Waals surface area contributed by atoms with Crippen LogP contribution in [0.3, 0.4) is 0 Å². The maximum atomic E-state index is 14.6. The van der Waals surface area contributed by atoms with E-state index in [0.717, 1.165) is 41.6 Å². The zero-order valence-electron chi connectivity index (χ0n) is 20.8. The Kier molecular flexibility index (Phi) is 7.88. The molecule has 1 fully saturated rings. The molecule has 1 aliphatic rings. The summed E-state index contributed by atoms with van der Waals surface area (Å²) >= 11 is 2.02. The second-order valence-electron chi connectivity index (χ2n) is 9.06. The van der Waals surface area contributed by atoms with Gasteiger partial charge in [0.1, 0.15) is 11.6 Å². The highest BCUT2D eigenvalue weighted by Gasteiger charge is 2.29. The lowest BCUT2D eigenvalue weighted by molar-refractivity contribution is 0.0691. The summed E-state index contributed by atoms with van der Waals surface area (Å²) in [6.07, 6.45) is 4.58. The first-order chi connectivity index (χ1) is 18.9. The Morgan fingerprint density at radius 2 is 2.10 bits per heavy atom. The minimum atomic E-state index is -1.13. The molecule has 3 N–H and O–H groups in total. The number of nitrogens with zero attached hydrogens (tertiary/aromatic N) is 4. The summed E-state index contributed by atoms with van der Waals surface area (Å²) in [5.74, 6) is 3.93. The average molecular weight is 564 g/mol. The van der Waals surface area contributed by atoms with Crippen molar-refractivity contribution in [3.8, 4) is 28.2 Å². The van der Waals surface area contributed by atoms with Gasteiger partial charge in [-0.3, -0.25) is 10.1 Å². The summed E-state index contributed by atoms with van der Waals surface area (Å²) < 4.78 is 30.9. The maximum Gasteiger partial charge on any atom is 0.355 e. The molecule has 7 nitrogen and oxygen atoms in total. The van der Waals surface area contributed by atoms with Crippen LogP contribution in [0.5, 0.6) is 0 Å². The minimum Gasteiger partial charge on any atom is -0.476 e. The molecule has 198 valence electrons. The first kappa shape index (κ1) is 26.7. The van der Waals surface area contributed by atoms with Crippen LogP contribution in [0.25, 0.3) is 16.4 Å². The van der Waals surface area contributed by atoms with Crippen LogP contribution < -0.4 is 5.14 Å². The molecule has 1 saturated carbocycles. The van der Waals surface area contributed by atoms with E-state index in [1.807, 2.05) is 6.07 Å². The third kappa shape index (κ3) is 5.93. The lowest BCUT2D eigenvalue weighted by Gasteiger charge is -2.10. The Morgan fingerprint density at radius 3 is 2.77 bits per heavy atom. The molecule has 0 radical (unpaired) electrons. The fraction of sp³-hybridized carbons (Fsp3) is 0.214. The molecule has 39 heavy (non-hydrogen) atoms. The van der Waals surface area contributed by atoms with Gasteiger partial charge >= 0.3 is 5.97 Å². The second-order valence-corrected chi connectivity index (χ2v) is 10.6. The number of nitrogens with two attached hydrogens (primary N) is 1. The summed E-state index contributed by atoms with van der Waals surface area (Å²) in [5.41, 5.74) is 3.74. The normalized spacial score (nSPS) is 13.0. The van der Waals surface area contributed by atoms with Gasteiger partial charge in [-0.15, -0.1) is 11.3 Å². The molecule has 0 bridgehead atoms. The van der Waals surface area contributed by atoms with E-state index in [-0.39, 0.29) is 11.3 Å². The van der Waals surface area contributed by atoms with Crippen molar-refractivity contribution in [2.24, 2.45) is 16.0 Å². The molecule has 0 aliphatic heterocycles. The van der Waals surface area contributed by atoms with Crippen molar-refractivity contribution >= 4 is 35.5 Å². The van der Waals surface area contributed by atoms with Gasteiger partial charge in [-0.2, -0.15) is 5.10 Å². The summed E-state index contributed by atoms with van der Waals surface area (Å²) in [6.45, 7) is 0. The third-order valence-corrected chi connectivity index (χ3v) is 7.71. The number of benzene rings is 2. The van der Waals surface area contributed by atoms with Crippen LogP contribution in [0.4, 0.5) is 8.78 Å². The topological polar surface area (TPSA) is 106 Å². The van der Waals surface area contributed by atoms with E-state index in [1.165, 1.54) is 35.1 Å². The first-order valence-corrected chi connectivity index (χ1v) is 13.8. The van der Waals surface area contributed by atoms with Crippen molar-refractivity contribution in [1.82, 2.24) is 14.8 Å². The van der Waals surface area contributed by atoms with Gasteiger partial charge in [-0.1, -0.05) is 12.0 Å². The Hall–Kier alpha value is -3.85. The zero-order chi connectivity index (χ0) is 27.5. The van der Waals surface area contributed by atoms with Crippen molar-refractivity contribution < 1.29 is 18.7 Å². The van der Waals surface area contributed by atoms with Gasteiger partial charge in [-0.05, 0) is 78.9 Å². The molecule has 2 aromatic heterocycles. The fourth-order valence-corrected chi connectivity index (χ4v) is 5.31. The quantitative estimate of drug-likeness (QED) is 0.166. The lowest BCUT2D eigenvalue weighted by Crippen LogP contribution is -2.06. The minimum absolute atomic E-state index is 0.0696. The zero-order valence-corrected chi connectivity index (χ0v) is 22.5. The Balaban J connectivity index is 1.69. The fourth-order valence-electron chi connectivity index (χ4n) is 4.22. The molecule has 0 saturated heterocycles. The molecular formula is C28H23F2N5O2S2. The largest absolute Gasteiger partial charge is 0.476 e. The first-order valence-electron chi connectivity index (χ1n) is 12.0. The monoisotopic (exact) mass is 563 g/mol. The van der Waals surface area contributed by atoms with Crippen LogP contribution in [-0.4, -0.2) is 39.1 Å². The van der Waals surface area contributed by atoms with Gasteiger partial charge in [-0.25, -0.2) is 23.2 Å². The van der Waals surface area contributed by atoms with Crippen LogP contribution in [0.15, 0.2) is 51.7 Å². The number of aromatic nitrogens is 3. The van der Waals surface area contributed by atoms with Crippen LogP contribution in [0, 0.1) is 29.4 Å². The molecular weight excluding hydrogens is 540 g/mol. The van der Waals surface area contributed by atoms with Gasteiger partial charge in [0, 0.05) is 30.0 Å². The number of aliphatic imine (C=N–C) groups is 1. The van der Waals surface area contributed by atoms with Crippen LogP contribution in [-0.2, 0) is 12.8 Å². The summed E-state index contributed by atoms with van der Waals surface area (Å²) in [6, 6.07) is 9.51. The third-order valence-electron chi connectivity index (χ3n) is 6.31. The molecule has 0 spiro atoms. The van der Waals surface area contributed by atoms with Crippen molar-refractivity contribution in [1.29, 1.82) is 0 Å². The van der Waals surface area contributed by atoms with Crippen LogP contribution >= 0.6 is 23.3 Å². The number of halogens is 2. The van der Waals surface area contributed by atoms with E-state index < -0.39 is 17.6 Å². The highest BCUT2D eigenvalue weighted by Crippen LogP contribution is 2.38. The molecule has 5 rings (SSSR count). The number of rotatable bonds is 8. The highest BCUT2D eigenvalue weighted by molar-refractivity contribution is 7.97. The number of hydrogen-bond donors (Lipinski definition) is 2. The average Bonchev–Trinajstić information content (AvgIpc) is 3.48. The Bertz CT molecular complexity index is 1650. The number of hydrogen-bond acceptors (Lipinski definition) is 7. The summed E-state index contributed by atoms with van der Waals surface area (Å²) in [4.78, 5) is 20.0. The second kappa shape index (κ2) is 11.5. The van der Waals surface area contributed by atoms with Gasteiger partial charge in [0.15, 0.2) is 5.69 Å². The van der Waals surface area contributed by atoms with E-state index in [4.69, 9.17) is 10.2 Å². The number of thiazole rings is 1. The van der Waals surface area contributed by atoms with Crippen molar-refractivity contribution in [3.05, 3.63) is 81.5 Å². The maximum absolute atomic E-state index is 14.6. The SMILES string of the molecule is C/N=C\C#Cc1cc(-c2nn(-c3nc(C(=O)O)cs3)c(CC3CC3)c2Cc2ccc(SN)c(F)c2)ccc1F. The van der Waals surface area contributed by atoms with Crippen molar-refractivity contribution in [2.45, 2.75) is 30.6 Å². The summed E-state index contributed by atoms with van der Waals surface area (Å²) in [5, 5.41) is 21.8.